The second-order valence-electron chi connectivity index (χ2n) is 8.19. The summed E-state index contributed by atoms with van der Waals surface area (Å²) in [6.45, 7) is 2.32. The van der Waals surface area contributed by atoms with Crippen molar-refractivity contribution in [2.45, 2.75) is 19.4 Å². The number of carboxylic acids is 1. The van der Waals surface area contributed by atoms with Gasteiger partial charge in [-0.15, -0.1) is 0 Å². The second-order valence-corrected chi connectivity index (χ2v) is 9.77. The molecule has 0 heterocycles. The van der Waals surface area contributed by atoms with Crippen LogP contribution >= 0.6 is 0 Å². The summed E-state index contributed by atoms with van der Waals surface area (Å²) in [6, 6.07) is 22.6. The smallest absolute Gasteiger partial charge is 1.00 e. The molecule has 1 N–H and O–H groups in total. The van der Waals surface area contributed by atoms with Crippen molar-refractivity contribution in [1.29, 1.82) is 0 Å². The molecule has 0 aliphatic heterocycles. The van der Waals surface area contributed by atoms with Gasteiger partial charge in [-0.2, -0.15) is 8.42 Å². The summed E-state index contributed by atoms with van der Waals surface area (Å²) in [4.78, 5) is 26.4. The van der Waals surface area contributed by atoms with Crippen LogP contribution in [0.4, 0.5) is 5.69 Å². The Bertz CT molecular complexity index is 1340. The maximum atomic E-state index is 13.3. The minimum atomic E-state index is -3.60. The van der Waals surface area contributed by atoms with Crippen molar-refractivity contribution in [2.75, 3.05) is 24.3 Å². The Morgan fingerprint density at radius 2 is 1.63 bits per heavy atom. The summed E-state index contributed by atoms with van der Waals surface area (Å²) >= 11 is 0. The van der Waals surface area contributed by atoms with Crippen molar-refractivity contribution in [3.05, 3.63) is 102 Å². The first-order valence-electron chi connectivity index (χ1n) is 11.6. The Kier molecular flexibility index (Phi) is 12.0. The van der Waals surface area contributed by atoms with Crippen LogP contribution in [0.1, 0.15) is 31.3 Å². The average Bonchev–Trinajstić information content (AvgIpc) is 2.87. The number of benzene rings is 3. The van der Waals surface area contributed by atoms with Gasteiger partial charge in [-0.25, -0.2) is 4.79 Å². The Morgan fingerprint density at radius 3 is 2.18 bits per heavy atom. The van der Waals surface area contributed by atoms with E-state index >= 15 is 0 Å². The van der Waals surface area contributed by atoms with Crippen LogP contribution < -0.4 is 9.08 Å². The molecule has 3 rings (SSSR count). The van der Waals surface area contributed by atoms with Gasteiger partial charge >= 0.3 is 39.1 Å². The van der Waals surface area contributed by atoms with Crippen molar-refractivity contribution in [1.82, 2.24) is 0 Å². The van der Waals surface area contributed by atoms with Crippen LogP contribution in [-0.4, -0.2) is 74.0 Å². The molecule has 8 nitrogen and oxygen atoms in total. The number of hydrogen-bond donors (Lipinski definition) is 1. The molecule has 3 aromatic carbocycles. The van der Waals surface area contributed by atoms with Crippen molar-refractivity contribution in [3.8, 4) is 5.75 Å². The molecule has 0 fully saturated rings. The summed E-state index contributed by atoms with van der Waals surface area (Å²) in [5, 5.41) is 9.34. The molecule has 0 aromatic heterocycles. The van der Waals surface area contributed by atoms with Gasteiger partial charge < -0.3 is 21.8 Å². The second kappa shape index (κ2) is 14.7. The zero-order chi connectivity index (χ0) is 26.8. The van der Waals surface area contributed by atoms with E-state index in [0.717, 1.165) is 17.4 Å². The molecule has 0 spiro atoms. The van der Waals surface area contributed by atoms with E-state index in [-0.39, 0.29) is 50.5 Å². The molecule has 1 atom stereocenters. The quantitative estimate of drug-likeness (QED) is 0.265. The van der Waals surface area contributed by atoms with Gasteiger partial charge in [0, 0.05) is 30.8 Å². The van der Waals surface area contributed by atoms with E-state index in [9.17, 15) is 23.1 Å². The fourth-order valence-electron chi connectivity index (χ4n) is 3.59. The maximum absolute atomic E-state index is 13.3. The van der Waals surface area contributed by atoms with Crippen molar-refractivity contribution in [2.24, 2.45) is 0 Å². The summed E-state index contributed by atoms with van der Waals surface area (Å²) < 4.78 is 32.7. The first kappa shape index (κ1) is 31.0. The minimum absolute atomic E-state index is 0. The first-order valence-corrected chi connectivity index (χ1v) is 13.4. The number of carbonyl (C=O) groups excluding carboxylic acids is 1. The zero-order valence-corrected chi connectivity index (χ0v) is 23.5. The Morgan fingerprint density at radius 1 is 1.00 bits per heavy atom. The predicted molar refractivity (Wildman–Crippen MR) is 150 cm³/mol. The predicted octanol–water partition coefficient (Wildman–Crippen LogP) is 4.26. The molecular weight excluding hydrogens is 519 g/mol. The van der Waals surface area contributed by atoms with Crippen molar-refractivity contribution in [3.63, 3.8) is 0 Å². The molecule has 3 aromatic rings. The van der Waals surface area contributed by atoms with E-state index < -0.39 is 22.2 Å². The number of nitrogens with zero attached hydrogens (tertiary/aromatic N) is 1. The van der Waals surface area contributed by atoms with E-state index in [1.807, 2.05) is 18.2 Å². The van der Waals surface area contributed by atoms with Crippen LogP contribution in [0.2, 0.25) is 0 Å². The number of aliphatic carboxylic acids is 1. The number of carbonyl (C=O) groups is 2. The number of carboxylic acid groups (broad SMARTS) is 1. The van der Waals surface area contributed by atoms with Gasteiger partial charge in [0.2, 0.25) is 0 Å². The number of amides is 1. The maximum Gasteiger partial charge on any atom is 2.00 e. The third kappa shape index (κ3) is 9.60. The van der Waals surface area contributed by atoms with E-state index in [1.54, 1.807) is 84.6 Å². The van der Waals surface area contributed by atoms with Crippen LogP contribution in [0, 0.1) is 0 Å². The molecule has 1 amide bonds. The van der Waals surface area contributed by atoms with Crippen LogP contribution in [0.25, 0.3) is 6.08 Å². The molecule has 0 radical (unpaired) electrons. The van der Waals surface area contributed by atoms with Crippen LogP contribution in [0.15, 0.2) is 84.9 Å². The molecule has 0 bridgehead atoms. The minimum Gasteiger partial charge on any atom is -1.00 e. The fraction of sp³-hybridized carbons (Fsp3) is 0.214. The van der Waals surface area contributed by atoms with Crippen LogP contribution in [0.3, 0.4) is 0 Å². The van der Waals surface area contributed by atoms with E-state index in [2.05, 4.69) is 0 Å². The molecule has 0 saturated carbocycles. The van der Waals surface area contributed by atoms with E-state index in [0.29, 0.717) is 17.9 Å². The number of rotatable bonds is 12. The van der Waals surface area contributed by atoms with Crippen LogP contribution in [0.5, 0.6) is 5.75 Å². The standard InChI is InChI=1S/C28H29NO7S.Mg.2H/c1-3-35-26(28(31)32)20-22-11-15-24(16-12-22)29(27(30)23-9-5-4-6-10-23)19-7-8-21-13-17-25(18-14-21)36-37(2,33)34;;;/h4-18,26H,3,19-20H2,1-2H3,(H,31,32);;;/q;+2;2*-1/b8-7+;;;/t26-;;;/m0.../s1. The Balaban J connectivity index is 0.00000507. The number of hydrogen-bond acceptors (Lipinski definition) is 6. The average molecular weight is 550 g/mol. The molecule has 0 aliphatic rings. The summed E-state index contributed by atoms with van der Waals surface area (Å²) in [6.07, 6.45) is 3.92. The van der Waals surface area contributed by atoms with Gasteiger partial charge in [-0.3, -0.25) is 4.79 Å². The molecular formula is C28H31MgNO7S. The van der Waals surface area contributed by atoms with E-state index in [1.165, 1.54) is 0 Å². The van der Waals surface area contributed by atoms with Crippen molar-refractivity contribution < 1.29 is 34.9 Å². The SMILES string of the molecule is CCO[C@@H](Cc1ccc(N(C/C=C/c2ccc(OS(C)(=O)=O)cc2)C(=O)c2ccccc2)cc1)C(=O)O.[H-].[H-].[Mg+2]. The summed E-state index contributed by atoms with van der Waals surface area (Å²) in [5.74, 6) is -0.990. The molecule has 10 heteroatoms. The Labute approximate surface area is 242 Å². The topological polar surface area (TPSA) is 110 Å². The number of ether oxygens (including phenoxy) is 1. The van der Waals surface area contributed by atoms with Gasteiger partial charge in [0.05, 0.1) is 6.26 Å². The fourth-order valence-corrected chi connectivity index (χ4v) is 4.05. The molecule has 198 valence electrons. The number of anilines is 1. The molecule has 0 aliphatic carbocycles. The van der Waals surface area contributed by atoms with Gasteiger partial charge in [0.15, 0.2) is 6.10 Å². The summed E-state index contributed by atoms with van der Waals surface area (Å²) in [7, 11) is -3.60. The first-order chi connectivity index (χ1) is 17.7. The van der Waals surface area contributed by atoms with Gasteiger partial charge in [0.1, 0.15) is 5.75 Å². The van der Waals surface area contributed by atoms with Gasteiger partial charge in [-0.05, 0) is 54.4 Å². The molecule has 0 saturated heterocycles. The zero-order valence-electron chi connectivity index (χ0n) is 23.3. The van der Waals surface area contributed by atoms with E-state index in [4.69, 9.17) is 8.92 Å². The summed E-state index contributed by atoms with van der Waals surface area (Å²) in [5.41, 5.74) is 2.77. The molecule has 0 unspecified atom stereocenters. The van der Waals surface area contributed by atoms with Gasteiger partial charge in [-0.1, -0.05) is 54.6 Å². The third-order valence-electron chi connectivity index (χ3n) is 5.30. The van der Waals surface area contributed by atoms with Crippen LogP contribution in [-0.2, 0) is 26.1 Å². The van der Waals surface area contributed by atoms with Gasteiger partial charge in [0.25, 0.3) is 5.91 Å². The third-order valence-corrected chi connectivity index (χ3v) is 5.80. The molecule has 38 heavy (non-hydrogen) atoms. The Hall–Kier alpha value is -3.18. The normalized spacial score (nSPS) is 11.9. The van der Waals surface area contributed by atoms with Crippen molar-refractivity contribution >= 4 is 56.8 Å². The largest absolute Gasteiger partial charge is 2.00 e. The monoisotopic (exact) mass is 549 g/mol.